The van der Waals surface area contributed by atoms with E-state index in [9.17, 15) is 0 Å². The van der Waals surface area contributed by atoms with Crippen molar-refractivity contribution < 1.29 is 17.5 Å². The minimum atomic E-state index is -4.67. The summed E-state index contributed by atoms with van der Waals surface area (Å²) in [6, 6.07) is 12.9. The van der Waals surface area contributed by atoms with Gasteiger partial charge in [-0.15, -0.1) is 0 Å². The SMILES string of the molecule is Cc1nc(C)c(Cl)c(NCCc2cnn(-c3ccc(Cl)cc3Cl)c2)n1.Cc1ncnc(NCCc2cnn(-c3ccc(Cl)cc3)c2)c1Cl.O=S(=O)(O)O. The van der Waals surface area contributed by atoms with Crippen LogP contribution in [0.25, 0.3) is 11.4 Å². The number of hydrogen-bond donors (Lipinski definition) is 4. The number of benzene rings is 2. The molecule has 6 aromatic rings. The van der Waals surface area contributed by atoms with Crippen LogP contribution in [0.3, 0.4) is 0 Å². The van der Waals surface area contributed by atoms with E-state index in [1.807, 2.05) is 80.6 Å². The lowest BCUT2D eigenvalue weighted by atomic mass is 10.2. The van der Waals surface area contributed by atoms with Gasteiger partial charge in [-0.3, -0.25) is 9.11 Å². The molecule has 0 aliphatic rings. The lowest BCUT2D eigenvalue weighted by Crippen LogP contribution is -2.08. The second-order valence-corrected chi connectivity index (χ2v) is 14.0. The first-order chi connectivity index (χ1) is 25.1. The van der Waals surface area contributed by atoms with E-state index >= 15 is 0 Å². The molecule has 20 heteroatoms. The van der Waals surface area contributed by atoms with Crippen molar-refractivity contribution in [1.82, 2.24) is 39.5 Å². The molecule has 0 atom stereocenters. The van der Waals surface area contributed by atoms with Crippen LogP contribution in [-0.2, 0) is 23.2 Å². The molecule has 0 aliphatic carbocycles. The molecular weight excluding hydrogens is 810 g/mol. The van der Waals surface area contributed by atoms with E-state index in [2.05, 4.69) is 40.8 Å². The average molecular weight is 843 g/mol. The third kappa shape index (κ3) is 13.4. The van der Waals surface area contributed by atoms with Crippen molar-refractivity contribution in [2.24, 2.45) is 0 Å². The van der Waals surface area contributed by atoms with Crippen molar-refractivity contribution in [3.05, 3.63) is 127 Å². The molecule has 0 saturated carbocycles. The highest BCUT2D eigenvalue weighted by Gasteiger charge is 2.10. The molecule has 280 valence electrons. The van der Waals surface area contributed by atoms with Crippen LogP contribution >= 0.6 is 58.0 Å². The molecule has 4 N–H and O–H groups in total. The van der Waals surface area contributed by atoms with Gasteiger partial charge in [0.2, 0.25) is 0 Å². The summed E-state index contributed by atoms with van der Waals surface area (Å²) in [7, 11) is -4.67. The van der Waals surface area contributed by atoms with Gasteiger partial charge >= 0.3 is 10.4 Å². The first-order valence-electron chi connectivity index (χ1n) is 15.5. The van der Waals surface area contributed by atoms with Crippen LogP contribution in [0.15, 0.2) is 73.6 Å². The van der Waals surface area contributed by atoms with Gasteiger partial charge in [0, 0.05) is 35.5 Å². The number of halogens is 5. The van der Waals surface area contributed by atoms with Crippen LogP contribution in [0.4, 0.5) is 11.6 Å². The fourth-order valence-electron chi connectivity index (χ4n) is 4.56. The van der Waals surface area contributed by atoms with E-state index in [1.54, 1.807) is 16.8 Å². The maximum atomic E-state index is 8.74. The standard InChI is InChI=1S/C17H16Cl3N5.C16H15Cl2N5.H2O4S/c1-10-16(20)17(24-11(2)23-10)21-6-5-12-8-22-25(9-12)15-4-3-13(18)7-14(15)19;1-11-15(18)16(21-10-20-11)19-7-6-12-8-22-23(9-12)14-4-2-13(17)3-5-14;1-5(2,3)4/h3-4,7-9H,5-6H2,1-2H3,(H,21,23,24);2-5,8-10H,6-7H2,1H3,(H,19,20,21);(H2,1,2,3,4). The molecule has 0 bridgehead atoms. The van der Waals surface area contributed by atoms with E-state index in [1.165, 1.54) is 6.33 Å². The van der Waals surface area contributed by atoms with Crippen LogP contribution in [0.1, 0.15) is 28.3 Å². The highest BCUT2D eigenvalue weighted by molar-refractivity contribution is 7.79. The minimum absolute atomic E-state index is 0.550. The Kier molecular flexibility index (Phi) is 15.2. The summed E-state index contributed by atoms with van der Waals surface area (Å²) in [5.74, 6) is 2.00. The Labute approximate surface area is 331 Å². The van der Waals surface area contributed by atoms with Gasteiger partial charge in [-0.2, -0.15) is 18.6 Å². The minimum Gasteiger partial charge on any atom is -0.368 e. The van der Waals surface area contributed by atoms with Crippen LogP contribution in [0, 0.1) is 20.8 Å². The third-order valence-corrected chi connectivity index (χ3v) is 8.72. The van der Waals surface area contributed by atoms with Gasteiger partial charge in [0.05, 0.1) is 40.2 Å². The van der Waals surface area contributed by atoms with E-state index in [-0.39, 0.29) is 0 Å². The van der Waals surface area contributed by atoms with Crippen molar-refractivity contribution in [3.63, 3.8) is 0 Å². The number of nitrogens with one attached hydrogen (secondary N) is 2. The van der Waals surface area contributed by atoms with Crippen LogP contribution in [-0.4, -0.2) is 70.1 Å². The zero-order valence-corrected chi connectivity index (χ0v) is 32.9. The van der Waals surface area contributed by atoms with E-state index < -0.39 is 10.4 Å². The Morgan fingerprint density at radius 2 is 1.25 bits per heavy atom. The molecule has 2 aromatic carbocycles. The first kappa shape index (κ1) is 41.7. The molecule has 0 saturated heterocycles. The van der Waals surface area contributed by atoms with Crippen molar-refractivity contribution >= 4 is 80.0 Å². The normalized spacial score (nSPS) is 10.9. The Morgan fingerprint density at radius 1 is 0.698 bits per heavy atom. The Hall–Kier alpha value is -4.06. The topological polar surface area (TPSA) is 186 Å². The maximum absolute atomic E-state index is 8.74. The number of rotatable bonds is 10. The lowest BCUT2D eigenvalue weighted by Gasteiger charge is -2.09. The Morgan fingerprint density at radius 3 is 1.87 bits per heavy atom. The van der Waals surface area contributed by atoms with Crippen molar-refractivity contribution in [2.45, 2.75) is 33.6 Å². The quantitative estimate of drug-likeness (QED) is 0.0972. The molecule has 0 spiro atoms. The predicted molar refractivity (Wildman–Crippen MR) is 209 cm³/mol. The molecule has 4 aromatic heterocycles. The van der Waals surface area contributed by atoms with Crippen molar-refractivity contribution in [3.8, 4) is 11.4 Å². The largest absolute Gasteiger partial charge is 0.394 e. The second kappa shape index (κ2) is 19.3. The summed E-state index contributed by atoms with van der Waals surface area (Å²) in [6.07, 6.45) is 10.7. The summed E-state index contributed by atoms with van der Waals surface area (Å²) in [4.78, 5) is 16.8. The molecule has 4 heterocycles. The molecular formula is C33H33Cl5N10O4S. The maximum Gasteiger partial charge on any atom is 0.394 e. The van der Waals surface area contributed by atoms with Crippen LogP contribution in [0.5, 0.6) is 0 Å². The van der Waals surface area contributed by atoms with Gasteiger partial charge in [0.15, 0.2) is 0 Å². The predicted octanol–water partition coefficient (Wildman–Crippen LogP) is 8.17. The fraction of sp³-hybridized carbons (Fsp3) is 0.212. The summed E-state index contributed by atoms with van der Waals surface area (Å²) < 4.78 is 35.1. The lowest BCUT2D eigenvalue weighted by molar-refractivity contribution is 0.381. The molecule has 0 fully saturated rings. The summed E-state index contributed by atoms with van der Waals surface area (Å²) in [5.41, 5.74) is 5.48. The molecule has 6 rings (SSSR count). The van der Waals surface area contributed by atoms with Gasteiger partial charge in [-0.1, -0.05) is 58.0 Å². The summed E-state index contributed by atoms with van der Waals surface area (Å²) in [6.45, 7) is 6.94. The number of aryl methyl sites for hydroxylation is 3. The van der Waals surface area contributed by atoms with Gasteiger partial charge in [0.25, 0.3) is 0 Å². The molecule has 53 heavy (non-hydrogen) atoms. The zero-order chi connectivity index (χ0) is 38.7. The molecule has 0 aliphatic heterocycles. The Balaban J connectivity index is 0.000000211. The molecule has 0 amide bonds. The highest BCUT2D eigenvalue weighted by Crippen LogP contribution is 2.25. The highest BCUT2D eigenvalue weighted by atomic mass is 35.5. The van der Waals surface area contributed by atoms with Gasteiger partial charge < -0.3 is 10.6 Å². The number of nitrogens with zero attached hydrogens (tertiary/aromatic N) is 8. The smallest absolute Gasteiger partial charge is 0.368 e. The number of aromatic nitrogens is 8. The summed E-state index contributed by atoms with van der Waals surface area (Å²) >= 11 is 30.4. The van der Waals surface area contributed by atoms with Gasteiger partial charge in [-0.05, 0) is 87.2 Å². The van der Waals surface area contributed by atoms with E-state index in [0.717, 1.165) is 46.7 Å². The summed E-state index contributed by atoms with van der Waals surface area (Å²) in [5, 5.41) is 18.2. The van der Waals surface area contributed by atoms with E-state index in [4.69, 9.17) is 75.5 Å². The zero-order valence-electron chi connectivity index (χ0n) is 28.3. The van der Waals surface area contributed by atoms with Crippen molar-refractivity contribution in [2.75, 3.05) is 23.7 Å². The average Bonchev–Trinajstić information content (AvgIpc) is 3.75. The van der Waals surface area contributed by atoms with Crippen LogP contribution < -0.4 is 10.6 Å². The van der Waals surface area contributed by atoms with Gasteiger partial charge in [0.1, 0.15) is 33.8 Å². The first-order valence-corrected chi connectivity index (χ1v) is 18.8. The monoisotopic (exact) mass is 840 g/mol. The number of hydrogen-bond acceptors (Lipinski definition) is 10. The molecule has 14 nitrogen and oxygen atoms in total. The van der Waals surface area contributed by atoms with Crippen molar-refractivity contribution in [1.29, 1.82) is 0 Å². The fourth-order valence-corrected chi connectivity index (χ4v) is 5.50. The molecule has 0 radical (unpaired) electrons. The van der Waals surface area contributed by atoms with E-state index in [0.29, 0.717) is 55.7 Å². The van der Waals surface area contributed by atoms with Crippen LogP contribution in [0.2, 0.25) is 25.1 Å². The van der Waals surface area contributed by atoms with Gasteiger partial charge in [-0.25, -0.2) is 29.3 Å². The Bertz CT molecular complexity index is 2250. The number of anilines is 2. The molecule has 0 unspecified atom stereocenters. The second-order valence-electron chi connectivity index (χ2n) is 11.1. The third-order valence-electron chi connectivity index (χ3n) is 7.02.